The normalized spacial score (nSPS) is 14.6. The number of halogens is 3. The van der Waals surface area contributed by atoms with Crippen LogP contribution >= 0.6 is 0 Å². The smallest absolute Gasteiger partial charge is 0.413 e. The Hall–Kier alpha value is -2.02. The molecule has 0 aliphatic heterocycles. The van der Waals surface area contributed by atoms with Gasteiger partial charge in [0.25, 0.3) is 0 Å². The van der Waals surface area contributed by atoms with Crippen LogP contribution in [0.15, 0.2) is 22.8 Å². The van der Waals surface area contributed by atoms with Crippen molar-refractivity contribution in [2.24, 2.45) is 0 Å². The lowest BCUT2D eigenvalue weighted by Crippen LogP contribution is -2.59. The number of ether oxygens (including phenoxy) is 1. The van der Waals surface area contributed by atoms with Crippen LogP contribution in [0.3, 0.4) is 0 Å². The van der Waals surface area contributed by atoms with E-state index >= 15 is 0 Å². The van der Waals surface area contributed by atoms with Gasteiger partial charge in [0.15, 0.2) is 5.54 Å². The molecular weight excluding hydrogens is 323 g/mol. The third-order valence-electron chi connectivity index (χ3n) is 4.09. The molecule has 4 nitrogen and oxygen atoms in total. The first-order valence-electron chi connectivity index (χ1n) is 7.41. The summed E-state index contributed by atoms with van der Waals surface area (Å²) in [6, 6.07) is 3.71. The molecule has 2 aromatic rings. The maximum absolute atomic E-state index is 13.2. The van der Waals surface area contributed by atoms with Gasteiger partial charge in [-0.1, -0.05) is 0 Å². The molecule has 1 aromatic heterocycles. The summed E-state index contributed by atoms with van der Waals surface area (Å²) in [4.78, 5) is 12.1. The first kappa shape index (κ1) is 18.3. The number of rotatable bonds is 5. The van der Waals surface area contributed by atoms with Gasteiger partial charge in [-0.15, -0.1) is 0 Å². The summed E-state index contributed by atoms with van der Waals surface area (Å²) in [6.07, 6.45) is -3.42. The Kier molecular flexibility index (Phi) is 4.94. The van der Waals surface area contributed by atoms with Gasteiger partial charge >= 0.3 is 6.18 Å². The van der Waals surface area contributed by atoms with Crippen molar-refractivity contribution in [2.45, 2.75) is 38.9 Å². The Labute approximate surface area is 138 Å². The molecule has 0 radical (unpaired) electrons. The van der Waals surface area contributed by atoms with Crippen LogP contribution in [0.1, 0.15) is 23.6 Å². The van der Waals surface area contributed by atoms with E-state index < -0.39 is 24.2 Å². The lowest BCUT2D eigenvalue weighted by Gasteiger charge is -2.32. The van der Waals surface area contributed by atoms with E-state index in [0.29, 0.717) is 11.1 Å². The largest absolute Gasteiger partial charge is 0.464 e. The van der Waals surface area contributed by atoms with E-state index in [-0.39, 0.29) is 6.42 Å². The summed E-state index contributed by atoms with van der Waals surface area (Å²) >= 11 is 0. The van der Waals surface area contributed by atoms with Crippen molar-refractivity contribution < 1.29 is 27.1 Å². The Bertz CT molecular complexity index is 751. The summed E-state index contributed by atoms with van der Waals surface area (Å²) in [5, 5.41) is 2.76. The average molecular weight is 343 g/mol. The predicted molar refractivity (Wildman–Crippen MR) is 83.9 cm³/mol. The van der Waals surface area contributed by atoms with Crippen LogP contribution in [0.2, 0.25) is 0 Å². The van der Waals surface area contributed by atoms with Crippen molar-refractivity contribution in [3.8, 4) is 0 Å². The SMILES string of the molecule is COCC(C)(NC(=O)Cc1coc2cc(C)c(C)cc12)C(F)(F)F. The second-order valence-corrected chi connectivity index (χ2v) is 6.18. The molecule has 7 heteroatoms. The van der Waals surface area contributed by atoms with E-state index in [4.69, 9.17) is 4.42 Å². The fraction of sp³-hybridized carbons (Fsp3) is 0.471. The second-order valence-electron chi connectivity index (χ2n) is 6.18. The number of carbonyl (C=O) groups excluding carboxylic acids is 1. The van der Waals surface area contributed by atoms with Gasteiger partial charge in [-0.3, -0.25) is 4.79 Å². The fourth-order valence-corrected chi connectivity index (χ4v) is 2.48. The number of aryl methyl sites for hydroxylation is 2. The highest BCUT2D eigenvalue weighted by atomic mass is 19.4. The third kappa shape index (κ3) is 3.56. The number of alkyl halides is 3. The number of methoxy groups -OCH3 is 1. The summed E-state index contributed by atoms with van der Waals surface area (Å²) in [5.41, 5.74) is 0.775. The van der Waals surface area contributed by atoms with Crippen LogP contribution in [0, 0.1) is 13.8 Å². The van der Waals surface area contributed by atoms with Gasteiger partial charge in [0.05, 0.1) is 19.3 Å². The number of furan rings is 1. The molecule has 2 rings (SSSR count). The van der Waals surface area contributed by atoms with E-state index in [1.54, 1.807) is 0 Å². The lowest BCUT2D eigenvalue weighted by molar-refractivity contribution is -0.204. The first-order valence-corrected chi connectivity index (χ1v) is 7.41. The minimum absolute atomic E-state index is 0.203. The van der Waals surface area contributed by atoms with Crippen molar-refractivity contribution in [2.75, 3.05) is 13.7 Å². The second kappa shape index (κ2) is 6.47. The summed E-state index contributed by atoms with van der Waals surface area (Å²) in [7, 11) is 1.16. The van der Waals surface area contributed by atoms with Crippen molar-refractivity contribution >= 4 is 16.9 Å². The predicted octanol–water partition coefficient (Wildman–Crippen LogP) is 3.68. The van der Waals surface area contributed by atoms with Gasteiger partial charge in [-0.2, -0.15) is 13.2 Å². The van der Waals surface area contributed by atoms with E-state index in [0.717, 1.165) is 30.5 Å². The standard InChI is InChI=1S/C17H20F3NO3/c1-10-5-13-12(8-24-14(13)6-11(10)2)7-15(22)21-16(3,9-23-4)17(18,19)20/h5-6,8H,7,9H2,1-4H3,(H,21,22). The van der Waals surface area contributed by atoms with Crippen LogP contribution in [-0.4, -0.2) is 31.3 Å². The van der Waals surface area contributed by atoms with Crippen molar-refractivity contribution in [3.05, 3.63) is 35.1 Å². The fourth-order valence-electron chi connectivity index (χ4n) is 2.48. The van der Waals surface area contributed by atoms with Crippen LogP contribution in [0.25, 0.3) is 11.0 Å². The molecule has 0 fully saturated rings. The van der Waals surface area contributed by atoms with Crippen molar-refractivity contribution in [1.29, 1.82) is 0 Å². The Morgan fingerprint density at radius 3 is 2.46 bits per heavy atom. The van der Waals surface area contributed by atoms with Crippen LogP contribution in [-0.2, 0) is 16.0 Å². The minimum atomic E-state index is -4.62. The highest BCUT2D eigenvalue weighted by Crippen LogP contribution is 2.31. The van der Waals surface area contributed by atoms with Gasteiger partial charge in [0, 0.05) is 18.1 Å². The van der Waals surface area contributed by atoms with E-state index in [1.165, 1.54) is 6.26 Å². The molecule has 0 spiro atoms. The molecule has 132 valence electrons. The maximum Gasteiger partial charge on any atom is 0.413 e. The monoisotopic (exact) mass is 343 g/mol. The van der Waals surface area contributed by atoms with E-state index in [2.05, 4.69) is 4.74 Å². The molecule has 0 saturated heterocycles. The molecule has 1 atom stereocenters. The summed E-state index contributed by atoms with van der Waals surface area (Å²) in [6.45, 7) is 4.09. The Balaban J connectivity index is 2.22. The Morgan fingerprint density at radius 1 is 1.25 bits per heavy atom. The molecule has 1 aromatic carbocycles. The zero-order valence-electron chi connectivity index (χ0n) is 14.0. The lowest BCUT2D eigenvalue weighted by atomic mass is 10.0. The summed E-state index contributed by atoms with van der Waals surface area (Å²) in [5.74, 6) is -0.743. The molecule has 0 aliphatic rings. The summed E-state index contributed by atoms with van der Waals surface area (Å²) < 4.78 is 49.5. The zero-order chi connectivity index (χ0) is 18.1. The van der Waals surface area contributed by atoms with E-state index in [1.807, 2.05) is 31.3 Å². The molecule has 1 heterocycles. The van der Waals surface area contributed by atoms with Crippen LogP contribution in [0.4, 0.5) is 13.2 Å². The molecule has 0 aliphatic carbocycles. The molecule has 0 saturated carbocycles. The average Bonchev–Trinajstić information content (AvgIpc) is 2.80. The molecule has 0 bridgehead atoms. The maximum atomic E-state index is 13.2. The van der Waals surface area contributed by atoms with Crippen molar-refractivity contribution in [3.63, 3.8) is 0 Å². The molecule has 1 N–H and O–H groups in total. The highest BCUT2D eigenvalue weighted by Gasteiger charge is 2.52. The highest BCUT2D eigenvalue weighted by molar-refractivity contribution is 5.88. The van der Waals surface area contributed by atoms with Gasteiger partial charge in [0.2, 0.25) is 5.91 Å². The minimum Gasteiger partial charge on any atom is -0.464 e. The van der Waals surface area contributed by atoms with E-state index in [9.17, 15) is 18.0 Å². The number of nitrogens with one attached hydrogen (secondary N) is 1. The quantitative estimate of drug-likeness (QED) is 0.901. The van der Waals surface area contributed by atoms with Gasteiger partial charge in [0.1, 0.15) is 5.58 Å². The van der Waals surface area contributed by atoms with Crippen LogP contribution < -0.4 is 5.32 Å². The van der Waals surface area contributed by atoms with Crippen LogP contribution in [0.5, 0.6) is 0 Å². The first-order chi connectivity index (χ1) is 11.1. The molecule has 1 unspecified atom stereocenters. The molecule has 1 amide bonds. The number of carbonyl (C=O) groups is 1. The topological polar surface area (TPSA) is 51.5 Å². The Morgan fingerprint density at radius 2 is 1.88 bits per heavy atom. The third-order valence-corrected chi connectivity index (χ3v) is 4.09. The number of fused-ring (bicyclic) bond motifs is 1. The van der Waals surface area contributed by atoms with Crippen molar-refractivity contribution in [1.82, 2.24) is 5.32 Å². The molecular formula is C17H20F3NO3. The van der Waals surface area contributed by atoms with Gasteiger partial charge in [-0.05, 0) is 44.0 Å². The number of hydrogen-bond acceptors (Lipinski definition) is 3. The zero-order valence-corrected chi connectivity index (χ0v) is 14.0. The molecule has 24 heavy (non-hydrogen) atoms. The number of hydrogen-bond donors (Lipinski definition) is 1. The van der Waals surface area contributed by atoms with Gasteiger partial charge in [-0.25, -0.2) is 0 Å². The number of amides is 1. The number of benzene rings is 1. The van der Waals surface area contributed by atoms with Gasteiger partial charge < -0.3 is 14.5 Å².